The highest BCUT2D eigenvalue weighted by Crippen LogP contribution is 2.44. The highest BCUT2D eigenvalue weighted by atomic mass is 35.5. The second-order valence-electron chi connectivity index (χ2n) is 7.78. The van der Waals surface area contributed by atoms with Crippen molar-refractivity contribution in [3.8, 4) is 11.5 Å². The number of carbonyl (C=O) groups is 2. The molecule has 1 saturated heterocycles. The largest absolute Gasteiger partial charge is 0.507 e. The highest BCUT2D eigenvalue weighted by molar-refractivity contribution is 7.22. The van der Waals surface area contributed by atoms with Crippen LogP contribution in [0.25, 0.3) is 16.0 Å². The van der Waals surface area contributed by atoms with Crippen molar-refractivity contribution in [1.82, 2.24) is 4.98 Å². The van der Waals surface area contributed by atoms with Crippen LogP contribution in [0.2, 0.25) is 5.02 Å². The van der Waals surface area contributed by atoms with E-state index in [4.69, 9.17) is 21.1 Å². The van der Waals surface area contributed by atoms with Gasteiger partial charge >= 0.3 is 5.91 Å². The fraction of sp³-hybridized carbons (Fsp3) is 0.115. The number of anilines is 1. The van der Waals surface area contributed by atoms with Crippen LogP contribution < -0.4 is 14.4 Å². The standard InChI is InChI=1S/C26H19ClN2O5S/c1-33-17-9-5-14(6-10-17)22-21(23(30)15-3-7-16(27)8-4-15)24(31)25(32)29(22)26-28-19-12-11-18(34-2)13-20(19)35-26/h3-13,22,30H,1-2H3/b23-21+/t22-/m0/s1. The molecule has 4 aromatic rings. The summed E-state index contributed by atoms with van der Waals surface area (Å²) in [4.78, 5) is 32.6. The maximum Gasteiger partial charge on any atom is 0.301 e. The number of fused-ring (bicyclic) bond motifs is 1. The molecule has 9 heteroatoms. The van der Waals surface area contributed by atoms with Gasteiger partial charge < -0.3 is 14.6 Å². The molecule has 3 aromatic carbocycles. The van der Waals surface area contributed by atoms with Crippen LogP contribution in [0, 0.1) is 0 Å². The molecule has 1 amide bonds. The van der Waals surface area contributed by atoms with Crippen molar-refractivity contribution < 1.29 is 24.2 Å². The monoisotopic (exact) mass is 506 g/mol. The summed E-state index contributed by atoms with van der Waals surface area (Å²) in [6.07, 6.45) is 0. The van der Waals surface area contributed by atoms with Crippen LogP contribution in [-0.2, 0) is 9.59 Å². The van der Waals surface area contributed by atoms with Gasteiger partial charge in [0.15, 0.2) is 5.13 Å². The van der Waals surface area contributed by atoms with Gasteiger partial charge in [0, 0.05) is 10.6 Å². The minimum absolute atomic E-state index is 0.0284. The molecule has 0 aliphatic carbocycles. The van der Waals surface area contributed by atoms with E-state index >= 15 is 0 Å². The number of amides is 1. The van der Waals surface area contributed by atoms with E-state index in [0.717, 1.165) is 4.70 Å². The van der Waals surface area contributed by atoms with Crippen LogP contribution in [0.4, 0.5) is 5.13 Å². The van der Waals surface area contributed by atoms with Crippen molar-refractivity contribution in [3.05, 3.63) is 88.5 Å². The summed E-state index contributed by atoms with van der Waals surface area (Å²) < 4.78 is 11.4. The lowest BCUT2D eigenvalue weighted by atomic mass is 9.95. The average molecular weight is 507 g/mol. The van der Waals surface area contributed by atoms with Gasteiger partial charge in [-0.1, -0.05) is 35.1 Å². The smallest absolute Gasteiger partial charge is 0.301 e. The molecule has 7 nitrogen and oxygen atoms in total. The third-order valence-electron chi connectivity index (χ3n) is 5.78. The van der Waals surface area contributed by atoms with Gasteiger partial charge in [0.1, 0.15) is 17.3 Å². The van der Waals surface area contributed by atoms with Gasteiger partial charge in [0.05, 0.1) is 36.1 Å². The minimum Gasteiger partial charge on any atom is -0.507 e. The normalized spacial score (nSPS) is 17.2. The summed E-state index contributed by atoms with van der Waals surface area (Å²) in [5.74, 6) is -0.576. The van der Waals surface area contributed by atoms with Crippen molar-refractivity contribution >= 4 is 55.7 Å². The number of ketones is 1. The zero-order chi connectivity index (χ0) is 24.7. The number of Topliss-reactive ketones (excluding diaryl/α,β-unsaturated/α-hetero) is 1. The van der Waals surface area contributed by atoms with Crippen LogP contribution in [0.3, 0.4) is 0 Å². The van der Waals surface area contributed by atoms with Gasteiger partial charge in [-0.2, -0.15) is 0 Å². The highest BCUT2D eigenvalue weighted by Gasteiger charge is 2.48. The minimum atomic E-state index is -0.890. The molecule has 1 atom stereocenters. The zero-order valence-corrected chi connectivity index (χ0v) is 20.3. The molecule has 1 aliphatic heterocycles. The van der Waals surface area contributed by atoms with Crippen LogP contribution >= 0.6 is 22.9 Å². The Morgan fingerprint density at radius 2 is 1.63 bits per heavy atom. The molecule has 0 saturated carbocycles. The Hall–Kier alpha value is -3.88. The molecule has 2 heterocycles. The Labute approximate surface area is 209 Å². The number of hydrogen-bond acceptors (Lipinski definition) is 7. The average Bonchev–Trinajstić information content (AvgIpc) is 3.41. The topological polar surface area (TPSA) is 89.0 Å². The lowest BCUT2D eigenvalue weighted by Gasteiger charge is -2.23. The number of halogens is 1. The molecule has 1 fully saturated rings. The van der Waals surface area contributed by atoms with Crippen LogP contribution in [-0.4, -0.2) is 36.0 Å². The van der Waals surface area contributed by atoms with Crippen molar-refractivity contribution in [2.24, 2.45) is 0 Å². The molecule has 176 valence electrons. The Balaban J connectivity index is 1.70. The maximum absolute atomic E-state index is 13.3. The second-order valence-corrected chi connectivity index (χ2v) is 9.22. The van der Waals surface area contributed by atoms with Crippen molar-refractivity contribution in [2.75, 3.05) is 19.1 Å². The third-order valence-corrected chi connectivity index (χ3v) is 7.05. The van der Waals surface area contributed by atoms with Crippen molar-refractivity contribution in [2.45, 2.75) is 6.04 Å². The molecular weight excluding hydrogens is 488 g/mol. The van der Waals surface area contributed by atoms with Gasteiger partial charge in [-0.15, -0.1) is 0 Å². The molecule has 5 rings (SSSR count). The van der Waals surface area contributed by atoms with Crippen molar-refractivity contribution in [1.29, 1.82) is 0 Å². The first-order chi connectivity index (χ1) is 16.9. The fourth-order valence-electron chi connectivity index (χ4n) is 4.02. The van der Waals surface area contributed by atoms with Gasteiger partial charge in [-0.05, 0) is 60.2 Å². The zero-order valence-electron chi connectivity index (χ0n) is 18.7. The molecule has 1 aromatic heterocycles. The van der Waals surface area contributed by atoms with E-state index in [2.05, 4.69) is 4.98 Å². The quantitative estimate of drug-likeness (QED) is 0.215. The van der Waals surface area contributed by atoms with E-state index in [9.17, 15) is 14.7 Å². The van der Waals surface area contributed by atoms with Gasteiger partial charge in [-0.3, -0.25) is 14.5 Å². The van der Waals surface area contributed by atoms with Gasteiger partial charge in [0.25, 0.3) is 5.78 Å². The number of hydrogen-bond donors (Lipinski definition) is 1. The Morgan fingerprint density at radius 1 is 0.971 bits per heavy atom. The van der Waals surface area contributed by atoms with E-state index in [1.54, 1.807) is 74.9 Å². The lowest BCUT2D eigenvalue weighted by molar-refractivity contribution is -0.132. The second kappa shape index (κ2) is 9.05. The van der Waals surface area contributed by atoms with Gasteiger partial charge in [0.2, 0.25) is 0 Å². The summed E-state index contributed by atoms with van der Waals surface area (Å²) in [6, 6.07) is 17.9. The lowest BCUT2D eigenvalue weighted by Crippen LogP contribution is -2.29. The third kappa shape index (κ3) is 4.00. The number of aromatic nitrogens is 1. The molecule has 1 aliphatic rings. The number of nitrogens with zero attached hydrogens (tertiary/aromatic N) is 2. The predicted molar refractivity (Wildman–Crippen MR) is 135 cm³/mol. The SMILES string of the molecule is COc1ccc([C@H]2/C(=C(\O)c3ccc(Cl)cc3)C(=O)C(=O)N2c2nc3ccc(OC)cc3s2)cc1. The number of aliphatic hydroxyl groups excluding tert-OH is 1. The van der Waals surface area contributed by atoms with E-state index in [-0.39, 0.29) is 11.3 Å². The molecule has 35 heavy (non-hydrogen) atoms. The summed E-state index contributed by atoms with van der Waals surface area (Å²) >= 11 is 7.25. The molecule has 0 radical (unpaired) electrons. The first-order valence-corrected chi connectivity index (χ1v) is 11.8. The fourth-order valence-corrected chi connectivity index (χ4v) is 5.16. The molecule has 1 N–H and O–H groups in total. The van der Waals surface area contributed by atoms with Crippen molar-refractivity contribution in [3.63, 3.8) is 0 Å². The van der Waals surface area contributed by atoms with Crippen LogP contribution in [0.15, 0.2) is 72.3 Å². The Kier molecular flexibility index (Phi) is 5.92. The molecule has 0 unspecified atom stereocenters. The molecular formula is C26H19ClN2O5S. The predicted octanol–water partition coefficient (Wildman–Crippen LogP) is 5.59. The number of carbonyl (C=O) groups excluding carboxylic acids is 2. The first kappa shape index (κ1) is 22.9. The van der Waals surface area contributed by atoms with E-state index in [1.165, 1.54) is 16.2 Å². The first-order valence-electron chi connectivity index (χ1n) is 10.6. The number of thiazole rings is 1. The summed E-state index contributed by atoms with van der Waals surface area (Å²) in [5, 5.41) is 12.0. The van der Waals surface area contributed by atoms with E-state index < -0.39 is 17.7 Å². The summed E-state index contributed by atoms with van der Waals surface area (Å²) in [7, 11) is 3.12. The molecule has 0 bridgehead atoms. The number of ether oxygens (including phenoxy) is 2. The number of rotatable bonds is 5. The van der Waals surface area contributed by atoms with E-state index in [1.807, 2.05) is 6.07 Å². The maximum atomic E-state index is 13.3. The Morgan fingerprint density at radius 3 is 2.29 bits per heavy atom. The van der Waals surface area contributed by atoms with E-state index in [0.29, 0.717) is 38.3 Å². The summed E-state index contributed by atoms with van der Waals surface area (Å²) in [5.41, 5.74) is 1.63. The molecule has 0 spiro atoms. The number of methoxy groups -OCH3 is 2. The number of benzene rings is 3. The van der Waals surface area contributed by atoms with Crippen LogP contribution in [0.5, 0.6) is 11.5 Å². The number of aliphatic hydroxyl groups is 1. The summed E-state index contributed by atoms with van der Waals surface area (Å²) in [6.45, 7) is 0. The Bertz CT molecular complexity index is 1480. The van der Waals surface area contributed by atoms with Gasteiger partial charge in [-0.25, -0.2) is 4.98 Å². The van der Waals surface area contributed by atoms with Crippen LogP contribution in [0.1, 0.15) is 17.2 Å².